The highest BCUT2D eigenvalue weighted by molar-refractivity contribution is 7.89. The first kappa shape index (κ1) is 14.2. The highest BCUT2D eigenvalue weighted by Crippen LogP contribution is 2.21. The molecule has 19 heavy (non-hydrogen) atoms. The van der Waals surface area contributed by atoms with Crippen LogP contribution in [0.3, 0.4) is 0 Å². The van der Waals surface area contributed by atoms with Gasteiger partial charge in [-0.15, -0.1) is 11.3 Å². The number of hydrogen-bond acceptors (Lipinski definition) is 6. The van der Waals surface area contributed by atoms with E-state index in [4.69, 9.17) is 9.52 Å². The molecule has 0 aliphatic rings. The SMILES string of the molecule is Cc1cnc(C(C)NS(=O)(=O)c2csc(CO)c2)o1. The van der Waals surface area contributed by atoms with E-state index >= 15 is 0 Å². The molecule has 0 saturated carbocycles. The minimum Gasteiger partial charge on any atom is -0.444 e. The number of hydrogen-bond donors (Lipinski definition) is 2. The first-order valence-corrected chi connectivity index (χ1v) is 7.91. The third-order valence-electron chi connectivity index (χ3n) is 2.44. The molecular formula is C11H14N2O4S2. The minimum atomic E-state index is -3.64. The molecule has 2 rings (SSSR count). The van der Waals surface area contributed by atoms with Gasteiger partial charge in [-0.2, -0.15) is 4.72 Å². The molecule has 8 heteroatoms. The van der Waals surface area contributed by atoms with Crippen LogP contribution in [0.4, 0.5) is 0 Å². The van der Waals surface area contributed by atoms with Gasteiger partial charge in [0.2, 0.25) is 15.9 Å². The summed E-state index contributed by atoms with van der Waals surface area (Å²) in [6.45, 7) is 3.22. The molecule has 0 bridgehead atoms. The van der Waals surface area contributed by atoms with E-state index in [1.165, 1.54) is 29.0 Å². The van der Waals surface area contributed by atoms with Gasteiger partial charge < -0.3 is 9.52 Å². The zero-order valence-corrected chi connectivity index (χ0v) is 12.1. The molecule has 104 valence electrons. The summed E-state index contributed by atoms with van der Waals surface area (Å²) in [6, 6.07) is 0.886. The van der Waals surface area contributed by atoms with Crippen molar-refractivity contribution in [1.82, 2.24) is 9.71 Å². The molecule has 2 N–H and O–H groups in total. The van der Waals surface area contributed by atoms with Gasteiger partial charge in [0.1, 0.15) is 5.76 Å². The largest absolute Gasteiger partial charge is 0.444 e. The summed E-state index contributed by atoms with van der Waals surface area (Å²) >= 11 is 1.20. The number of oxazole rings is 1. The van der Waals surface area contributed by atoms with Gasteiger partial charge in [-0.3, -0.25) is 0 Å². The Hall–Kier alpha value is -1.22. The van der Waals surface area contributed by atoms with E-state index in [1.54, 1.807) is 13.8 Å². The third kappa shape index (κ3) is 3.21. The summed E-state index contributed by atoms with van der Waals surface area (Å²) in [5, 5.41) is 10.4. The van der Waals surface area contributed by atoms with E-state index in [-0.39, 0.29) is 11.5 Å². The Balaban J connectivity index is 2.17. The molecule has 0 fully saturated rings. The molecule has 0 aliphatic heterocycles. The summed E-state index contributed by atoms with van der Waals surface area (Å²) in [5.41, 5.74) is 0. The predicted octanol–water partition coefficient (Wildman–Crippen LogP) is 1.58. The van der Waals surface area contributed by atoms with Crippen molar-refractivity contribution in [1.29, 1.82) is 0 Å². The van der Waals surface area contributed by atoms with Crippen LogP contribution in [0.1, 0.15) is 29.5 Å². The Bertz CT molecular complexity index is 660. The van der Waals surface area contributed by atoms with E-state index in [2.05, 4.69) is 9.71 Å². The lowest BCUT2D eigenvalue weighted by atomic mass is 10.4. The van der Waals surface area contributed by atoms with Crippen LogP contribution >= 0.6 is 11.3 Å². The third-order valence-corrected chi connectivity index (χ3v) is 5.03. The molecule has 0 spiro atoms. The maximum atomic E-state index is 12.1. The van der Waals surface area contributed by atoms with Gasteiger partial charge in [-0.05, 0) is 19.9 Å². The molecule has 1 unspecified atom stereocenters. The normalized spacial score (nSPS) is 13.6. The van der Waals surface area contributed by atoms with Crippen molar-refractivity contribution in [2.75, 3.05) is 0 Å². The van der Waals surface area contributed by atoms with Crippen LogP contribution in [0.15, 0.2) is 27.0 Å². The van der Waals surface area contributed by atoms with Crippen molar-refractivity contribution >= 4 is 21.4 Å². The topological polar surface area (TPSA) is 92.4 Å². The number of aliphatic hydroxyl groups is 1. The van der Waals surface area contributed by atoms with Crippen molar-refractivity contribution in [3.8, 4) is 0 Å². The monoisotopic (exact) mass is 302 g/mol. The lowest BCUT2D eigenvalue weighted by Gasteiger charge is -2.09. The van der Waals surface area contributed by atoms with Crippen LogP contribution in [-0.4, -0.2) is 18.5 Å². The zero-order valence-electron chi connectivity index (χ0n) is 10.5. The van der Waals surface area contributed by atoms with Crippen LogP contribution in [0.2, 0.25) is 0 Å². The number of aromatic nitrogens is 1. The van der Waals surface area contributed by atoms with Crippen LogP contribution in [0.5, 0.6) is 0 Å². The summed E-state index contributed by atoms with van der Waals surface area (Å²) in [5.74, 6) is 0.942. The maximum Gasteiger partial charge on any atom is 0.242 e. The fourth-order valence-electron chi connectivity index (χ4n) is 1.51. The maximum absolute atomic E-state index is 12.1. The Morgan fingerprint density at radius 1 is 1.58 bits per heavy atom. The van der Waals surface area contributed by atoms with Crippen molar-refractivity contribution in [2.24, 2.45) is 0 Å². The molecule has 2 aromatic rings. The van der Waals surface area contributed by atoms with E-state index in [0.717, 1.165) is 0 Å². The second-order valence-electron chi connectivity index (χ2n) is 4.06. The molecule has 0 aliphatic carbocycles. The molecule has 1 atom stereocenters. The van der Waals surface area contributed by atoms with Gasteiger partial charge in [0.15, 0.2) is 0 Å². The highest BCUT2D eigenvalue weighted by atomic mass is 32.2. The molecular weight excluding hydrogens is 288 g/mol. The molecule has 0 aromatic carbocycles. The van der Waals surface area contributed by atoms with E-state index in [9.17, 15) is 8.42 Å². The van der Waals surface area contributed by atoms with Crippen molar-refractivity contribution in [3.63, 3.8) is 0 Å². The summed E-state index contributed by atoms with van der Waals surface area (Å²) in [6.07, 6.45) is 1.54. The fraction of sp³-hybridized carbons (Fsp3) is 0.364. The van der Waals surface area contributed by atoms with Crippen LogP contribution in [0.25, 0.3) is 0 Å². The van der Waals surface area contributed by atoms with E-state index in [1.807, 2.05) is 0 Å². The second-order valence-corrected chi connectivity index (χ2v) is 6.77. The number of thiophene rings is 1. The van der Waals surface area contributed by atoms with Gasteiger partial charge in [0.25, 0.3) is 0 Å². The number of aliphatic hydroxyl groups excluding tert-OH is 1. The Morgan fingerprint density at radius 2 is 2.32 bits per heavy atom. The standard InChI is InChI=1S/C11H14N2O4S2/c1-7-4-12-11(17-7)8(2)13-19(15,16)10-3-9(5-14)18-6-10/h3-4,6,8,13-14H,5H2,1-2H3. The van der Waals surface area contributed by atoms with Crippen molar-refractivity contribution in [3.05, 3.63) is 34.2 Å². The molecule has 2 heterocycles. The van der Waals surface area contributed by atoms with Gasteiger partial charge in [0.05, 0.1) is 23.7 Å². The Morgan fingerprint density at radius 3 is 2.84 bits per heavy atom. The Kier molecular flexibility index (Phi) is 4.04. The van der Waals surface area contributed by atoms with Crippen LogP contribution in [0, 0.1) is 6.92 Å². The smallest absolute Gasteiger partial charge is 0.242 e. The van der Waals surface area contributed by atoms with Gasteiger partial charge >= 0.3 is 0 Å². The van der Waals surface area contributed by atoms with Gasteiger partial charge in [-0.1, -0.05) is 0 Å². The quantitative estimate of drug-likeness (QED) is 0.874. The molecule has 0 radical (unpaired) electrons. The van der Waals surface area contributed by atoms with Crippen molar-refractivity contribution < 1.29 is 17.9 Å². The van der Waals surface area contributed by atoms with Crippen LogP contribution < -0.4 is 4.72 Å². The van der Waals surface area contributed by atoms with E-state index < -0.39 is 16.1 Å². The summed E-state index contributed by atoms with van der Waals surface area (Å²) in [4.78, 5) is 4.72. The number of aryl methyl sites for hydroxylation is 1. The predicted molar refractivity (Wildman–Crippen MR) is 70.2 cm³/mol. The van der Waals surface area contributed by atoms with Crippen LogP contribution in [-0.2, 0) is 16.6 Å². The molecule has 0 saturated heterocycles. The molecule has 2 aromatic heterocycles. The zero-order chi connectivity index (χ0) is 14.0. The average Bonchev–Trinajstić information content (AvgIpc) is 2.96. The first-order chi connectivity index (χ1) is 8.92. The molecule has 0 amide bonds. The van der Waals surface area contributed by atoms with Gasteiger partial charge in [-0.25, -0.2) is 13.4 Å². The average molecular weight is 302 g/mol. The first-order valence-electron chi connectivity index (χ1n) is 5.55. The van der Waals surface area contributed by atoms with Crippen molar-refractivity contribution in [2.45, 2.75) is 31.4 Å². The van der Waals surface area contributed by atoms with Gasteiger partial charge in [0, 0.05) is 10.3 Å². The number of nitrogens with zero attached hydrogens (tertiary/aromatic N) is 1. The number of nitrogens with one attached hydrogen (secondary N) is 1. The summed E-state index contributed by atoms with van der Waals surface area (Å²) in [7, 11) is -3.64. The lowest BCUT2D eigenvalue weighted by Crippen LogP contribution is -2.26. The second kappa shape index (κ2) is 5.41. The molecule has 6 nitrogen and oxygen atoms in total. The lowest BCUT2D eigenvalue weighted by molar-refractivity contribution is 0.285. The number of sulfonamides is 1. The highest BCUT2D eigenvalue weighted by Gasteiger charge is 2.22. The summed E-state index contributed by atoms with van der Waals surface area (Å²) < 4.78 is 32.0. The number of rotatable bonds is 5. The minimum absolute atomic E-state index is 0.136. The fourth-order valence-corrected chi connectivity index (χ4v) is 3.84. The van der Waals surface area contributed by atoms with E-state index in [0.29, 0.717) is 16.5 Å². The Labute approximate surface area is 115 Å².